The molecule has 0 aliphatic rings. The fourth-order valence-electron chi connectivity index (χ4n) is 3.78. The topological polar surface area (TPSA) is 45.5 Å². The number of benzene rings is 3. The Morgan fingerprint density at radius 2 is 1.59 bits per heavy atom. The molecule has 5 nitrogen and oxygen atoms in total. The van der Waals surface area contributed by atoms with Crippen LogP contribution in [0, 0.1) is 13.8 Å². The standard InChI is InChI=1S/C27H30N2O3/c1-20-14-15-21(2)26(18-20)32-19-27-28-22-10-4-5-11-23(22)29(27)16-8-9-17-31-25-13-7-6-12-24(25)30-3/h4-7,10-15,18H,8-9,16-17,19H2,1-3H3. The van der Waals surface area contributed by atoms with E-state index in [9.17, 15) is 0 Å². The molecule has 0 spiro atoms. The molecule has 0 atom stereocenters. The van der Waals surface area contributed by atoms with Gasteiger partial charge in [-0.25, -0.2) is 4.98 Å². The summed E-state index contributed by atoms with van der Waals surface area (Å²) in [5.74, 6) is 3.40. The highest BCUT2D eigenvalue weighted by Gasteiger charge is 2.12. The maximum absolute atomic E-state index is 6.16. The van der Waals surface area contributed by atoms with Crippen LogP contribution in [-0.4, -0.2) is 23.3 Å². The van der Waals surface area contributed by atoms with Gasteiger partial charge in [-0.1, -0.05) is 36.4 Å². The molecule has 4 aromatic rings. The first kappa shape index (κ1) is 21.8. The molecule has 1 heterocycles. The van der Waals surface area contributed by atoms with Gasteiger partial charge in [0.1, 0.15) is 18.2 Å². The number of aryl methyl sites for hydroxylation is 3. The zero-order valence-electron chi connectivity index (χ0n) is 19.0. The lowest BCUT2D eigenvalue weighted by molar-refractivity contribution is 0.277. The second-order valence-electron chi connectivity index (χ2n) is 7.93. The number of nitrogens with zero attached hydrogens (tertiary/aromatic N) is 2. The van der Waals surface area contributed by atoms with Crippen LogP contribution in [-0.2, 0) is 13.2 Å². The average Bonchev–Trinajstić information content (AvgIpc) is 3.17. The number of hydrogen-bond donors (Lipinski definition) is 0. The first-order valence-electron chi connectivity index (χ1n) is 11.1. The molecule has 0 amide bonds. The molecule has 5 heteroatoms. The van der Waals surface area contributed by atoms with E-state index >= 15 is 0 Å². The van der Waals surface area contributed by atoms with Gasteiger partial charge in [-0.3, -0.25) is 0 Å². The summed E-state index contributed by atoms with van der Waals surface area (Å²) in [6, 6.07) is 22.3. The summed E-state index contributed by atoms with van der Waals surface area (Å²) in [5, 5.41) is 0. The number of fused-ring (bicyclic) bond motifs is 1. The van der Waals surface area contributed by atoms with Gasteiger partial charge in [0.05, 0.1) is 24.8 Å². The van der Waals surface area contributed by atoms with Gasteiger partial charge in [-0.05, 0) is 68.1 Å². The van der Waals surface area contributed by atoms with Crippen LogP contribution in [0.2, 0.25) is 0 Å². The molecular weight excluding hydrogens is 400 g/mol. The molecule has 3 aromatic carbocycles. The van der Waals surface area contributed by atoms with Crippen molar-refractivity contribution in [3.8, 4) is 17.2 Å². The van der Waals surface area contributed by atoms with Crippen LogP contribution in [0.3, 0.4) is 0 Å². The molecule has 0 unspecified atom stereocenters. The molecule has 32 heavy (non-hydrogen) atoms. The van der Waals surface area contributed by atoms with Crippen molar-refractivity contribution in [2.75, 3.05) is 13.7 Å². The number of imidazole rings is 1. The summed E-state index contributed by atoms with van der Waals surface area (Å²) in [6.45, 7) is 6.09. The third-order valence-electron chi connectivity index (χ3n) is 5.54. The Bertz CT molecular complexity index is 1180. The van der Waals surface area contributed by atoms with Crippen molar-refractivity contribution >= 4 is 11.0 Å². The van der Waals surface area contributed by atoms with Gasteiger partial charge in [-0.2, -0.15) is 0 Å². The van der Waals surface area contributed by atoms with E-state index in [0.717, 1.165) is 59.1 Å². The molecule has 0 saturated heterocycles. The Morgan fingerprint density at radius 3 is 2.44 bits per heavy atom. The van der Waals surface area contributed by atoms with Crippen molar-refractivity contribution in [1.82, 2.24) is 9.55 Å². The van der Waals surface area contributed by atoms with Crippen molar-refractivity contribution in [2.24, 2.45) is 0 Å². The second-order valence-corrected chi connectivity index (χ2v) is 7.93. The minimum Gasteiger partial charge on any atom is -0.493 e. The van der Waals surface area contributed by atoms with Crippen LogP contribution in [0.25, 0.3) is 11.0 Å². The summed E-state index contributed by atoms with van der Waals surface area (Å²) in [6.07, 6.45) is 1.91. The van der Waals surface area contributed by atoms with Gasteiger partial charge < -0.3 is 18.8 Å². The maximum Gasteiger partial charge on any atom is 0.161 e. The third kappa shape index (κ3) is 5.05. The first-order chi connectivity index (χ1) is 15.7. The molecule has 0 bridgehead atoms. The molecular formula is C27H30N2O3. The van der Waals surface area contributed by atoms with Crippen molar-refractivity contribution in [1.29, 1.82) is 0 Å². The number of aromatic nitrogens is 2. The number of unbranched alkanes of at least 4 members (excludes halogenated alkanes) is 1. The van der Waals surface area contributed by atoms with Crippen molar-refractivity contribution < 1.29 is 14.2 Å². The van der Waals surface area contributed by atoms with Crippen LogP contribution in [0.1, 0.15) is 29.8 Å². The number of para-hydroxylation sites is 4. The Morgan fingerprint density at radius 1 is 0.812 bits per heavy atom. The predicted octanol–water partition coefficient (Wildman–Crippen LogP) is 6.10. The van der Waals surface area contributed by atoms with Crippen LogP contribution in [0.4, 0.5) is 0 Å². The summed E-state index contributed by atoms with van der Waals surface area (Å²) in [5.41, 5.74) is 4.45. The minimum absolute atomic E-state index is 0.441. The van der Waals surface area contributed by atoms with Gasteiger partial charge >= 0.3 is 0 Å². The lowest BCUT2D eigenvalue weighted by atomic mass is 10.1. The molecule has 4 rings (SSSR count). The SMILES string of the molecule is COc1ccccc1OCCCCn1c(COc2cc(C)ccc2C)nc2ccccc21. The van der Waals surface area contributed by atoms with Gasteiger partial charge in [0.25, 0.3) is 0 Å². The molecule has 1 aromatic heterocycles. The number of hydrogen-bond acceptors (Lipinski definition) is 4. The fourth-order valence-corrected chi connectivity index (χ4v) is 3.78. The maximum atomic E-state index is 6.16. The minimum atomic E-state index is 0.441. The highest BCUT2D eigenvalue weighted by molar-refractivity contribution is 5.75. The van der Waals surface area contributed by atoms with E-state index in [2.05, 4.69) is 54.8 Å². The van der Waals surface area contributed by atoms with E-state index in [0.29, 0.717) is 13.2 Å². The molecule has 0 radical (unpaired) electrons. The molecule has 0 saturated carbocycles. The molecule has 0 N–H and O–H groups in total. The van der Waals surface area contributed by atoms with Gasteiger partial charge in [-0.15, -0.1) is 0 Å². The zero-order chi connectivity index (χ0) is 22.3. The zero-order valence-corrected chi connectivity index (χ0v) is 19.0. The number of methoxy groups -OCH3 is 1. The van der Waals surface area contributed by atoms with Crippen LogP contribution >= 0.6 is 0 Å². The molecule has 0 aliphatic carbocycles. The smallest absolute Gasteiger partial charge is 0.161 e. The lowest BCUT2D eigenvalue weighted by Gasteiger charge is -2.13. The number of rotatable bonds is 10. The summed E-state index contributed by atoms with van der Waals surface area (Å²) < 4.78 is 19.7. The van der Waals surface area contributed by atoms with Gasteiger partial charge in [0.15, 0.2) is 11.5 Å². The Labute approximate surface area is 189 Å². The van der Waals surface area contributed by atoms with E-state index < -0.39 is 0 Å². The van der Waals surface area contributed by atoms with Crippen molar-refractivity contribution in [2.45, 2.75) is 39.8 Å². The van der Waals surface area contributed by atoms with Crippen molar-refractivity contribution in [3.05, 3.63) is 83.7 Å². The Kier molecular flexibility index (Phi) is 6.95. The Hall–Kier alpha value is -3.47. The van der Waals surface area contributed by atoms with Crippen molar-refractivity contribution in [3.63, 3.8) is 0 Å². The fraction of sp³-hybridized carbons (Fsp3) is 0.296. The molecule has 0 fully saturated rings. The van der Waals surface area contributed by atoms with Crippen LogP contribution in [0.15, 0.2) is 66.7 Å². The quantitative estimate of drug-likeness (QED) is 0.285. The number of ether oxygens (including phenoxy) is 3. The molecule has 166 valence electrons. The van der Waals surface area contributed by atoms with Crippen LogP contribution < -0.4 is 14.2 Å². The van der Waals surface area contributed by atoms with Crippen LogP contribution in [0.5, 0.6) is 17.2 Å². The Balaban J connectivity index is 1.40. The summed E-state index contributed by atoms with van der Waals surface area (Å²) in [7, 11) is 1.66. The summed E-state index contributed by atoms with van der Waals surface area (Å²) >= 11 is 0. The molecule has 0 aliphatic heterocycles. The second kappa shape index (κ2) is 10.2. The van der Waals surface area contributed by atoms with E-state index in [4.69, 9.17) is 19.2 Å². The van der Waals surface area contributed by atoms with Gasteiger partial charge in [0.2, 0.25) is 0 Å². The lowest BCUT2D eigenvalue weighted by Crippen LogP contribution is -2.09. The highest BCUT2D eigenvalue weighted by Crippen LogP contribution is 2.26. The largest absolute Gasteiger partial charge is 0.493 e. The summed E-state index contributed by atoms with van der Waals surface area (Å²) in [4.78, 5) is 4.84. The predicted molar refractivity (Wildman–Crippen MR) is 128 cm³/mol. The third-order valence-corrected chi connectivity index (χ3v) is 5.54. The van der Waals surface area contributed by atoms with E-state index in [1.165, 1.54) is 5.56 Å². The normalized spacial score (nSPS) is 11.0. The monoisotopic (exact) mass is 430 g/mol. The van der Waals surface area contributed by atoms with E-state index in [-0.39, 0.29) is 0 Å². The van der Waals surface area contributed by atoms with E-state index in [1.807, 2.05) is 30.3 Å². The van der Waals surface area contributed by atoms with Gasteiger partial charge in [0, 0.05) is 6.54 Å². The first-order valence-corrected chi connectivity index (χ1v) is 11.1. The van der Waals surface area contributed by atoms with E-state index in [1.54, 1.807) is 7.11 Å². The highest BCUT2D eigenvalue weighted by atomic mass is 16.5. The average molecular weight is 431 g/mol.